The minimum atomic E-state index is -0.781. The Hall–Kier alpha value is -0.160. The van der Waals surface area contributed by atoms with Crippen molar-refractivity contribution in [2.45, 2.75) is 104 Å². The lowest BCUT2D eigenvalue weighted by molar-refractivity contribution is -0.551. The van der Waals surface area contributed by atoms with E-state index < -0.39 is 5.79 Å². The monoisotopic (exact) mass is 316 g/mol. The van der Waals surface area contributed by atoms with Gasteiger partial charge >= 0.3 is 0 Å². The van der Waals surface area contributed by atoms with Gasteiger partial charge in [-0.3, -0.25) is 0 Å². The molecule has 0 amide bonds. The third-order valence-corrected chi connectivity index (χ3v) is 5.21. The fourth-order valence-corrected chi connectivity index (χ4v) is 1.83. The second kappa shape index (κ2) is 7.61. The maximum atomic E-state index is 5.82. The van der Waals surface area contributed by atoms with Crippen LogP contribution >= 0.6 is 0 Å². The Balaban J connectivity index is 2.70. The van der Waals surface area contributed by atoms with Gasteiger partial charge < -0.3 is 0 Å². The minimum absolute atomic E-state index is 0.348. The standard InChI is InChI=1S/C18H36O4/c1-14(2)16(5,6)19-21-18(12-10-9-11-13-18)22-20-17(7,8)15(3)4/h14-15H,9-13H2,1-8H3. The van der Waals surface area contributed by atoms with Crippen molar-refractivity contribution in [3.8, 4) is 0 Å². The molecule has 0 aromatic heterocycles. The largest absolute Gasteiger partial charge is 0.234 e. The van der Waals surface area contributed by atoms with E-state index in [-0.39, 0.29) is 11.2 Å². The van der Waals surface area contributed by atoms with Crippen molar-refractivity contribution in [2.75, 3.05) is 0 Å². The molecule has 0 radical (unpaired) electrons. The van der Waals surface area contributed by atoms with E-state index in [1.807, 2.05) is 27.7 Å². The molecule has 4 nitrogen and oxygen atoms in total. The van der Waals surface area contributed by atoms with Crippen LogP contribution in [0, 0.1) is 11.8 Å². The lowest BCUT2D eigenvalue weighted by Crippen LogP contribution is -2.45. The summed E-state index contributed by atoms with van der Waals surface area (Å²) in [5.74, 6) is -0.0846. The van der Waals surface area contributed by atoms with Crippen molar-refractivity contribution in [1.29, 1.82) is 0 Å². The molecule has 1 fully saturated rings. The van der Waals surface area contributed by atoms with Gasteiger partial charge in [-0.05, 0) is 52.4 Å². The molecule has 0 atom stereocenters. The molecule has 0 unspecified atom stereocenters. The Kier molecular flexibility index (Phi) is 6.88. The number of hydrogen-bond acceptors (Lipinski definition) is 4. The third kappa shape index (κ3) is 5.48. The molecule has 1 aliphatic rings. The van der Waals surface area contributed by atoms with E-state index in [0.29, 0.717) is 11.8 Å². The van der Waals surface area contributed by atoms with Crippen molar-refractivity contribution in [1.82, 2.24) is 0 Å². The average molecular weight is 316 g/mol. The van der Waals surface area contributed by atoms with Crippen LogP contribution in [-0.2, 0) is 19.6 Å². The highest BCUT2D eigenvalue weighted by molar-refractivity contribution is 4.76. The first kappa shape index (κ1) is 19.9. The lowest BCUT2D eigenvalue weighted by Gasteiger charge is -2.40. The van der Waals surface area contributed by atoms with Gasteiger partial charge in [0.1, 0.15) is 11.2 Å². The normalized spacial score (nSPS) is 19.9. The lowest BCUT2D eigenvalue weighted by atomic mass is 9.94. The molecule has 0 heterocycles. The Labute approximate surface area is 136 Å². The molecular formula is C18H36O4. The fourth-order valence-electron chi connectivity index (χ4n) is 1.83. The smallest absolute Gasteiger partial charge is 0.227 e. The van der Waals surface area contributed by atoms with E-state index in [1.54, 1.807) is 0 Å². The van der Waals surface area contributed by atoms with Gasteiger partial charge in [-0.2, -0.15) is 9.78 Å². The first-order valence-corrected chi connectivity index (χ1v) is 8.74. The summed E-state index contributed by atoms with van der Waals surface area (Å²) in [5, 5.41) is 0. The quantitative estimate of drug-likeness (QED) is 0.341. The van der Waals surface area contributed by atoms with E-state index >= 15 is 0 Å². The molecule has 22 heavy (non-hydrogen) atoms. The molecule has 0 aliphatic heterocycles. The van der Waals surface area contributed by atoms with Crippen LogP contribution in [0.5, 0.6) is 0 Å². The molecule has 1 rings (SSSR count). The zero-order chi connectivity index (χ0) is 17.0. The number of rotatable bonds is 8. The van der Waals surface area contributed by atoms with Crippen molar-refractivity contribution >= 4 is 0 Å². The molecular weight excluding hydrogens is 280 g/mol. The van der Waals surface area contributed by atoms with Crippen LogP contribution in [0.2, 0.25) is 0 Å². The van der Waals surface area contributed by atoms with Gasteiger partial charge in [0.05, 0.1) is 0 Å². The molecule has 0 aromatic carbocycles. The van der Waals surface area contributed by atoms with Crippen molar-refractivity contribution < 1.29 is 19.6 Å². The molecule has 0 saturated heterocycles. The average Bonchev–Trinajstić information content (AvgIpc) is 2.44. The molecule has 1 saturated carbocycles. The summed E-state index contributed by atoms with van der Waals surface area (Å²) in [6.45, 7) is 16.6. The summed E-state index contributed by atoms with van der Waals surface area (Å²) in [7, 11) is 0. The Morgan fingerprint density at radius 3 is 1.36 bits per heavy atom. The van der Waals surface area contributed by atoms with Crippen LogP contribution < -0.4 is 0 Å². The zero-order valence-electron chi connectivity index (χ0n) is 15.8. The summed E-state index contributed by atoms with van der Waals surface area (Å²) in [6, 6.07) is 0. The summed E-state index contributed by atoms with van der Waals surface area (Å²) >= 11 is 0. The zero-order valence-corrected chi connectivity index (χ0v) is 15.8. The molecule has 0 N–H and O–H groups in total. The highest BCUT2D eigenvalue weighted by Crippen LogP contribution is 2.37. The van der Waals surface area contributed by atoms with Crippen molar-refractivity contribution in [2.24, 2.45) is 11.8 Å². The Morgan fingerprint density at radius 1 is 0.682 bits per heavy atom. The molecule has 0 aromatic rings. The maximum Gasteiger partial charge on any atom is 0.234 e. The SMILES string of the molecule is CC(C)C(C)(C)OOC1(OOC(C)(C)C(C)C)CCCCC1. The predicted octanol–water partition coefficient (Wildman–Crippen LogP) is 5.41. The first-order chi connectivity index (χ1) is 10.0. The van der Waals surface area contributed by atoms with E-state index in [9.17, 15) is 0 Å². The predicted molar refractivity (Wildman–Crippen MR) is 88.0 cm³/mol. The van der Waals surface area contributed by atoms with Crippen molar-refractivity contribution in [3.63, 3.8) is 0 Å². The van der Waals surface area contributed by atoms with Gasteiger partial charge in [0.25, 0.3) is 0 Å². The summed E-state index contributed by atoms with van der Waals surface area (Å²) < 4.78 is 0. The maximum absolute atomic E-state index is 5.82. The molecule has 0 bridgehead atoms. The third-order valence-electron chi connectivity index (χ3n) is 5.21. The molecule has 0 spiro atoms. The van der Waals surface area contributed by atoms with Gasteiger partial charge in [0.15, 0.2) is 0 Å². The molecule has 4 heteroatoms. The van der Waals surface area contributed by atoms with Gasteiger partial charge in [-0.1, -0.05) is 34.1 Å². The van der Waals surface area contributed by atoms with Crippen molar-refractivity contribution in [3.05, 3.63) is 0 Å². The van der Waals surface area contributed by atoms with Crippen LogP contribution in [0.25, 0.3) is 0 Å². The van der Waals surface area contributed by atoms with Gasteiger partial charge in [0.2, 0.25) is 5.79 Å². The number of hydrogen-bond donors (Lipinski definition) is 0. The summed E-state index contributed by atoms with van der Waals surface area (Å²) in [4.78, 5) is 23.2. The van der Waals surface area contributed by atoms with Crippen LogP contribution in [-0.4, -0.2) is 17.0 Å². The highest BCUT2D eigenvalue weighted by Gasteiger charge is 2.41. The minimum Gasteiger partial charge on any atom is -0.227 e. The molecule has 132 valence electrons. The second-order valence-corrected chi connectivity index (χ2v) is 8.32. The highest BCUT2D eigenvalue weighted by atomic mass is 17.3. The van der Waals surface area contributed by atoms with Gasteiger partial charge in [-0.25, -0.2) is 9.78 Å². The second-order valence-electron chi connectivity index (χ2n) is 8.32. The van der Waals surface area contributed by atoms with E-state index in [4.69, 9.17) is 19.6 Å². The Bertz CT molecular complexity index is 302. The first-order valence-electron chi connectivity index (χ1n) is 8.74. The summed E-state index contributed by atoms with van der Waals surface area (Å²) in [5.41, 5.74) is -0.719. The fraction of sp³-hybridized carbons (Fsp3) is 1.00. The van der Waals surface area contributed by atoms with E-state index in [1.165, 1.54) is 6.42 Å². The van der Waals surface area contributed by atoms with Crippen LogP contribution in [0.4, 0.5) is 0 Å². The van der Waals surface area contributed by atoms with E-state index in [0.717, 1.165) is 25.7 Å². The molecule has 1 aliphatic carbocycles. The van der Waals surface area contributed by atoms with Crippen LogP contribution in [0.3, 0.4) is 0 Å². The topological polar surface area (TPSA) is 36.9 Å². The van der Waals surface area contributed by atoms with Gasteiger partial charge in [0, 0.05) is 12.8 Å². The Morgan fingerprint density at radius 2 is 1.05 bits per heavy atom. The van der Waals surface area contributed by atoms with E-state index in [2.05, 4.69) is 27.7 Å². The van der Waals surface area contributed by atoms with Crippen LogP contribution in [0.15, 0.2) is 0 Å². The summed E-state index contributed by atoms with van der Waals surface area (Å²) in [6.07, 6.45) is 4.94. The van der Waals surface area contributed by atoms with Crippen LogP contribution in [0.1, 0.15) is 87.5 Å². The van der Waals surface area contributed by atoms with Gasteiger partial charge in [-0.15, -0.1) is 0 Å².